The molecule has 134 valence electrons. The summed E-state index contributed by atoms with van der Waals surface area (Å²) < 4.78 is 13.5. The molecule has 6 nitrogen and oxygen atoms in total. The molecule has 0 saturated heterocycles. The second kappa shape index (κ2) is 8.35. The predicted octanol–water partition coefficient (Wildman–Crippen LogP) is 3.52. The topological polar surface area (TPSA) is 83.0 Å². The molecule has 0 atom stereocenters. The van der Waals surface area contributed by atoms with E-state index in [4.69, 9.17) is 5.11 Å². The molecule has 0 saturated carbocycles. The van der Waals surface area contributed by atoms with Crippen molar-refractivity contribution in [3.63, 3.8) is 0 Å². The summed E-state index contributed by atoms with van der Waals surface area (Å²) in [4.78, 5) is 13.0. The second-order valence-corrected chi connectivity index (χ2v) is 5.79. The predicted molar refractivity (Wildman–Crippen MR) is 99.9 cm³/mol. The van der Waals surface area contributed by atoms with E-state index in [9.17, 15) is 4.39 Å². The van der Waals surface area contributed by atoms with Crippen LogP contribution in [0, 0.1) is 12.7 Å². The molecule has 3 rings (SSSR count). The number of nitrogens with zero attached hydrogens (tertiary/aromatic N) is 3. The van der Waals surface area contributed by atoms with E-state index in [2.05, 4.69) is 25.6 Å². The van der Waals surface area contributed by atoms with Gasteiger partial charge in [0.2, 0.25) is 5.95 Å². The zero-order chi connectivity index (χ0) is 18.4. The maximum absolute atomic E-state index is 13.5. The van der Waals surface area contributed by atoms with Crippen LogP contribution in [0.3, 0.4) is 0 Å². The van der Waals surface area contributed by atoms with Crippen molar-refractivity contribution in [2.45, 2.75) is 13.3 Å². The zero-order valence-corrected chi connectivity index (χ0v) is 14.4. The van der Waals surface area contributed by atoms with Crippen molar-refractivity contribution in [1.29, 1.82) is 0 Å². The Kier molecular flexibility index (Phi) is 5.70. The van der Waals surface area contributed by atoms with Crippen molar-refractivity contribution < 1.29 is 9.50 Å². The van der Waals surface area contributed by atoms with E-state index in [1.807, 2.05) is 18.2 Å². The highest BCUT2D eigenvalue weighted by Gasteiger charge is 2.08. The van der Waals surface area contributed by atoms with Gasteiger partial charge in [0, 0.05) is 42.9 Å². The van der Waals surface area contributed by atoms with Crippen molar-refractivity contribution in [1.82, 2.24) is 15.0 Å². The molecule has 7 heteroatoms. The van der Waals surface area contributed by atoms with Gasteiger partial charge in [0.25, 0.3) is 0 Å². The molecule has 2 heterocycles. The summed E-state index contributed by atoms with van der Waals surface area (Å²) in [6, 6.07) is 10.4. The molecule has 26 heavy (non-hydrogen) atoms. The molecule has 0 aliphatic heterocycles. The summed E-state index contributed by atoms with van der Waals surface area (Å²) in [6.07, 6.45) is 4.00. The van der Waals surface area contributed by atoms with Gasteiger partial charge in [-0.1, -0.05) is 0 Å². The first-order chi connectivity index (χ1) is 12.7. The first kappa shape index (κ1) is 17.8. The van der Waals surface area contributed by atoms with Crippen molar-refractivity contribution in [3.05, 3.63) is 60.2 Å². The molecule has 2 aromatic heterocycles. The highest BCUT2D eigenvalue weighted by atomic mass is 19.1. The Labute approximate surface area is 151 Å². The number of pyridine rings is 1. The van der Waals surface area contributed by atoms with Gasteiger partial charge in [-0.3, -0.25) is 4.98 Å². The maximum Gasteiger partial charge on any atom is 0.225 e. The van der Waals surface area contributed by atoms with E-state index in [-0.39, 0.29) is 12.4 Å². The lowest BCUT2D eigenvalue weighted by molar-refractivity contribution is 0.292. The summed E-state index contributed by atoms with van der Waals surface area (Å²) >= 11 is 0. The van der Waals surface area contributed by atoms with Crippen LogP contribution in [0.25, 0.3) is 11.3 Å². The number of benzene rings is 1. The molecule has 0 aliphatic rings. The van der Waals surface area contributed by atoms with Gasteiger partial charge in [-0.2, -0.15) is 4.98 Å². The molecule has 0 amide bonds. The lowest BCUT2D eigenvalue weighted by Crippen LogP contribution is -2.08. The number of hydrogen-bond donors (Lipinski definition) is 3. The third kappa shape index (κ3) is 4.52. The van der Waals surface area contributed by atoms with Crippen LogP contribution in [0.4, 0.5) is 21.8 Å². The van der Waals surface area contributed by atoms with Gasteiger partial charge in [0.05, 0.1) is 5.69 Å². The highest BCUT2D eigenvalue weighted by molar-refractivity contribution is 5.67. The summed E-state index contributed by atoms with van der Waals surface area (Å²) in [5.74, 6) is 0.792. The number of aryl methyl sites for hydroxylation is 1. The van der Waals surface area contributed by atoms with Gasteiger partial charge in [0.15, 0.2) is 0 Å². The average molecular weight is 353 g/mol. The van der Waals surface area contributed by atoms with Gasteiger partial charge in [0.1, 0.15) is 11.6 Å². The Hall–Kier alpha value is -3.06. The van der Waals surface area contributed by atoms with Crippen molar-refractivity contribution in [2.75, 3.05) is 23.8 Å². The molecule has 0 fully saturated rings. The number of anilines is 3. The van der Waals surface area contributed by atoms with E-state index in [0.717, 1.165) is 16.9 Å². The van der Waals surface area contributed by atoms with E-state index in [1.54, 1.807) is 31.5 Å². The van der Waals surface area contributed by atoms with Crippen LogP contribution < -0.4 is 10.6 Å². The first-order valence-corrected chi connectivity index (χ1v) is 8.33. The van der Waals surface area contributed by atoms with Crippen molar-refractivity contribution in [2.24, 2.45) is 0 Å². The average Bonchev–Trinajstić information content (AvgIpc) is 2.66. The van der Waals surface area contributed by atoms with Gasteiger partial charge in [-0.05, 0) is 49.2 Å². The standard InChI is InChI=1S/C19H20FN5O/c1-13-11-15(3-4-16(13)20)23-18-12-17(14-5-8-21-9-6-14)24-19(25-18)22-7-2-10-26/h3-6,8-9,11-12,26H,2,7,10H2,1H3,(H2,22,23,24,25). The van der Waals surface area contributed by atoms with Crippen molar-refractivity contribution >= 4 is 17.5 Å². The lowest BCUT2D eigenvalue weighted by atomic mass is 10.2. The van der Waals surface area contributed by atoms with Gasteiger partial charge >= 0.3 is 0 Å². The Morgan fingerprint density at radius 1 is 1.08 bits per heavy atom. The molecule has 0 unspecified atom stereocenters. The number of rotatable bonds is 7. The SMILES string of the molecule is Cc1cc(Nc2cc(-c3ccncc3)nc(NCCCO)n2)ccc1F. The molecule has 3 aromatic rings. The van der Waals surface area contributed by atoms with Crippen LogP contribution in [-0.4, -0.2) is 33.2 Å². The number of aliphatic hydroxyl groups is 1. The third-order valence-corrected chi connectivity index (χ3v) is 3.75. The van der Waals surface area contributed by atoms with E-state index in [0.29, 0.717) is 30.3 Å². The van der Waals surface area contributed by atoms with Crippen molar-refractivity contribution in [3.8, 4) is 11.3 Å². The number of nitrogens with one attached hydrogen (secondary N) is 2. The number of halogens is 1. The third-order valence-electron chi connectivity index (χ3n) is 3.75. The van der Waals surface area contributed by atoms with E-state index >= 15 is 0 Å². The Bertz CT molecular complexity index is 873. The van der Waals surface area contributed by atoms with Crippen LogP contribution in [0.1, 0.15) is 12.0 Å². The minimum atomic E-state index is -0.248. The van der Waals surface area contributed by atoms with Gasteiger partial charge < -0.3 is 15.7 Å². The lowest BCUT2D eigenvalue weighted by Gasteiger charge is -2.12. The Morgan fingerprint density at radius 3 is 2.62 bits per heavy atom. The smallest absolute Gasteiger partial charge is 0.225 e. The fraction of sp³-hybridized carbons (Fsp3) is 0.211. The first-order valence-electron chi connectivity index (χ1n) is 8.33. The van der Waals surface area contributed by atoms with E-state index < -0.39 is 0 Å². The van der Waals surface area contributed by atoms with Crippen LogP contribution in [0.15, 0.2) is 48.8 Å². The largest absolute Gasteiger partial charge is 0.396 e. The molecule has 0 spiro atoms. The minimum absolute atomic E-state index is 0.0943. The quantitative estimate of drug-likeness (QED) is 0.564. The van der Waals surface area contributed by atoms with Gasteiger partial charge in [-0.15, -0.1) is 0 Å². The molecule has 1 aromatic carbocycles. The number of aromatic nitrogens is 3. The monoisotopic (exact) mass is 353 g/mol. The molecule has 0 aliphatic carbocycles. The molecule has 0 radical (unpaired) electrons. The van der Waals surface area contributed by atoms with E-state index in [1.165, 1.54) is 6.07 Å². The summed E-state index contributed by atoms with van der Waals surface area (Å²) in [6.45, 7) is 2.37. The summed E-state index contributed by atoms with van der Waals surface area (Å²) in [7, 11) is 0. The molecular weight excluding hydrogens is 333 g/mol. The Balaban J connectivity index is 1.91. The van der Waals surface area contributed by atoms with Crippen LogP contribution in [-0.2, 0) is 0 Å². The van der Waals surface area contributed by atoms with Crippen LogP contribution in [0.2, 0.25) is 0 Å². The van der Waals surface area contributed by atoms with Crippen LogP contribution in [0.5, 0.6) is 0 Å². The second-order valence-electron chi connectivity index (χ2n) is 5.79. The number of aliphatic hydroxyl groups excluding tert-OH is 1. The fourth-order valence-corrected chi connectivity index (χ4v) is 2.41. The molecular formula is C19H20FN5O. The summed E-state index contributed by atoms with van der Waals surface area (Å²) in [5.41, 5.74) is 2.94. The van der Waals surface area contributed by atoms with Crippen LogP contribution >= 0.6 is 0 Å². The Morgan fingerprint density at radius 2 is 1.88 bits per heavy atom. The molecule has 3 N–H and O–H groups in total. The maximum atomic E-state index is 13.5. The highest BCUT2D eigenvalue weighted by Crippen LogP contribution is 2.24. The zero-order valence-electron chi connectivity index (χ0n) is 14.4. The fourth-order valence-electron chi connectivity index (χ4n) is 2.41. The molecule has 0 bridgehead atoms. The number of hydrogen-bond acceptors (Lipinski definition) is 6. The normalized spacial score (nSPS) is 10.6. The minimum Gasteiger partial charge on any atom is -0.396 e. The van der Waals surface area contributed by atoms with Gasteiger partial charge in [-0.25, -0.2) is 9.37 Å². The summed E-state index contributed by atoms with van der Waals surface area (Å²) in [5, 5.41) is 15.2.